The van der Waals surface area contributed by atoms with Crippen LogP contribution in [0.1, 0.15) is 46.1 Å². The lowest BCUT2D eigenvalue weighted by Gasteiger charge is -2.34. The average molecular weight is 317 g/mol. The summed E-state index contributed by atoms with van der Waals surface area (Å²) < 4.78 is 5.41. The number of rotatable bonds is 10. The zero-order valence-corrected chi connectivity index (χ0v) is 15.0. The predicted octanol–water partition coefficient (Wildman–Crippen LogP) is 4.34. The molecule has 3 heteroatoms. The molecule has 0 saturated heterocycles. The van der Waals surface area contributed by atoms with Gasteiger partial charge in [-0.05, 0) is 22.8 Å². The zero-order chi connectivity index (χ0) is 17.3. The predicted molar refractivity (Wildman–Crippen MR) is 96.1 cm³/mol. The molecule has 0 heterocycles. The van der Waals surface area contributed by atoms with Crippen LogP contribution < -0.4 is 5.32 Å². The van der Waals surface area contributed by atoms with Crippen LogP contribution in [-0.2, 0) is 16.1 Å². The highest BCUT2D eigenvalue weighted by Crippen LogP contribution is 2.36. The van der Waals surface area contributed by atoms with E-state index in [1.54, 1.807) is 0 Å². The lowest BCUT2D eigenvalue weighted by molar-refractivity contribution is -0.147. The van der Waals surface area contributed by atoms with E-state index in [1.165, 1.54) is 0 Å². The zero-order valence-electron chi connectivity index (χ0n) is 15.0. The number of hydrogen-bond acceptors (Lipinski definition) is 3. The minimum Gasteiger partial charge on any atom is -0.461 e. The summed E-state index contributed by atoms with van der Waals surface area (Å²) in [6, 6.07) is 9.79. The van der Waals surface area contributed by atoms with Crippen LogP contribution in [0.15, 0.2) is 43.0 Å². The second-order valence-corrected chi connectivity index (χ2v) is 7.75. The number of esters is 1. The van der Waals surface area contributed by atoms with Gasteiger partial charge in [-0.1, -0.05) is 64.1 Å². The first-order chi connectivity index (χ1) is 10.7. The van der Waals surface area contributed by atoms with Crippen LogP contribution in [-0.4, -0.2) is 19.1 Å². The van der Waals surface area contributed by atoms with Gasteiger partial charge in [-0.2, -0.15) is 0 Å². The number of carbonyl (C=O) groups excluding carboxylic acids is 1. The lowest BCUT2D eigenvalue weighted by Crippen LogP contribution is -2.34. The topological polar surface area (TPSA) is 38.3 Å². The molecule has 0 aliphatic carbocycles. The number of hydrogen-bond donors (Lipinski definition) is 1. The summed E-state index contributed by atoms with van der Waals surface area (Å²) in [5, 5.41) is 3.36. The van der Waals surface area contributed by atoms with Gasteiger partial charge in [0.25, 0.3) is 0 Å². The van der Waals surface area contributed by atoms with Crippen LogP contribution in [0.5, 0.6) is 0 Å². The fourth-order valence-corrected chi connectivity index (χ4v) is 3.11. The Balaban J connectivity index is 2.43. The summed E-state index contributed by atoms with van der Waals surface area (Å²) in [5.41, 5.74) is 1.05. The molecule has 0 radical (unpaired) electrons. The molecule has 0 spiro atoms. The summed E-state index contributed by atoms with van der Waals surface area (Å²) >= 11 is 0. The Bertz CT molecular complexity index is 492. The third kappa shape index (κ3) is 8.56. The van der Waals surface area contributed by atoms with E-state index in [0.717, 1.165) is 25.1 Å². The highest BCUT2D eigenvalue weighted by atomic mass is 16.5. The molecule has 0 aliphatic heterocycles. The van der Waals surface area contributed by atoms with Gasteiger partial charge < -0.3 is 10.1 Å². The van der Waals surface area contributed by atoms with Crippen molar-refractivity contribution in [3.8, 4) is 0 Å². The second-order valence-electron chi connectivity index (χ2n) is 7.75. The van der Waals surface area contributed by atoms with Crippen LogP contribution in [0.4, 0.5) is 0 Å². The summed E-state index contributed by atoms with van der Waals surface area (Å²) in [6.45, 7) is 14.5. The summed E-state index contributed by atoms with van der Waals surface area (Å²) in [6.07, 6.45) is 3.25. The van der Waals surface area contributed by atoms with E-state index >= 15 is 0 Å². The van der Waals surface area contributed by atoms with Crippen LogP contribution >= 0.6 is 0 Å². The van der Waals surface area contributed by atoms with Crippen molar-refractivity contribution in [1.29, 1.82) is 0 Å². The molecular weight excluding hydrogens is 286 g/mol. The molecule has 3 nitrogen and oxygen atoms in total. The van der Waals surface area contributed by atoms with E-state index in [-0.39, 0.29) is 16.8 Å². The normalized spacial score (nSPS) is 12.0. The van der Waals surface area contributed by atoms with Crippen molar-refractivity contribution >= 4 is 5.97 Å². The first kappa shape index (κ1) is 19.4. The largest absolute Gasteiger partial charge is 0.461 e. The van der Waals surface area contributed by atoms with Gasteiger partial charge in [-0.15, -0.1) is 6.58 Å². The Hall–Kier alpha value is -1.61. The molecule has 0 atom stereocenters. The smallest absolute Gasteiger partial charge is 0.306 e. The highest BCUT2D eigenvalue weighted by Gasteiger charge is 2.31. The molecule has 0 amide bonds. The molecule has 0 aliphatic rings. The molecule has 0 bridgehead atoms. The van der Waals surface area contributed by atoms with Crippen LogP contribution in [0.3, 0.4) is 0 Å². The van der Waals surface area contributed by atoms with Gasteiger partial charge in [0.05, 0.1) is 6.42 Å². The van der Waals surface area contributed by atoms with Crippen molar-refractivity contribution in [2.75, 3.05) is 13.1 Å². The summed E-state index contributed by atoms with van der Waals surface area (Å²) in [5.74, 6) is -0.131. The van der Waals surface area contributed by atoms with E-state index in [0.29, 0.717) is 13.0 Å². The second kappa shape index (κ2) is 8.88. The van der Waals surface area contributed by atoms with E-state index in [4.69, 9.17) is 4.74 Å². The van der Waals surface area contributed by atoms with Crippen molar-refractivity contribution in [2.24, 2.45) is 10.8 Å². The van der Waals surface area contributed by atoms with Crippen molar-refractivity contribution < 1.29 is 9.53 Å². The lowest BCUT2D eigenvalue weighted by atomic mass is 9.73. The van der Waals surface area contributed by atoms with Gasteiger partial charge in [-0.25, -0.2) is 0 Å². The summed E-state index contributed by atoms with van der Waals surface area (Å²) in [4.78, 5) is 12.1. The number of nitrogens with one attached hydrogen (secondary N) is 1. The van der Waals surface area contributed by atoms with Crippen molar-refractivity contribution in [2.45, 2.75) is 47.1 Å². The first-order valence-electron chi connectivity index (χ1n) is 8.25. The Morgan fingerprint density at radius 1 is 1.17 bits per heavy atom. The fourth-order valence-electron chi connectivity index (χ4n) is 3.11. The van der Waals surface area contributed by atoms with Crippen LogP contribution in [0.25, 0.3) is 0 Å². The van der Waals surface area contributed by atoms with Gasteiger partial charge >= 0.3 is 5.97 Å². The standard InChI is InChI=1S/C20H31NO2/c1-6-12-21-16-20(4,5)15-19(2,3)13-18(22)23-14-17-10-8-7-9-11-17/h6-11,21H,1,12-16H2,2-5H3. The van der Waals surface area contributed by atoms with E-state index < -0.39 is 0 Å². The van der Waals surface area contributed by atoms with Crippen LogP contribution in [0, 0.1) is 10.8 Å². The third-order valence-electron chi connectivity index (χ3n) is 3.71. The Labute approximate surface area is 141 Å². The number of benzene rings is 1. The van der Waals surface area contributed by atoms with E-state index in [1.807, 2.05) is 36.4 Å². The maximum absolute atomic E-state index is 12.1. The summed E-state index contributed by atoms with van der Waals surface area (Å²) in [7, 11) is 0. The van der Waals surface area contributed by atoms with E-state index in [9.17, 15) is 4.79 Å². The van der Waals surface area contributed by atoms with Crippen molar-refractivity contribution in [3.05, 3.63) is 48.6 Å². The molecule has 1 aromatic rings. The molecule has 0 fully saturated rings. The highest BCUT2D eigenvalue weighted by molar-refractivity contribution is 5.70. The van der Waals surface area contributed by atoms with Gasteiger partial charge in [-0.3, -0.25) is 4.79 Å². The Kier molecular flexibility index (Phi) is 7.50. The average Bonchev–Trinajstić information content (AvgIpc) is 2.44. The van der Waals surface area contributed by atoms with Crippen molar-refractivity contribution in [3.63, 3.8) is 0 Å². The molecule has 23 heavy (non-hydrogen) atoms. The van der Waals surface area contributed by atoms with Gasteiger partial charge in [0, 0.05) is 13.1 Å². The molecule has 0 saturated carbocycles. The number of carbonyl (C=O) groups is 1. The molecule has 1 N–H and O–H groups in total. The van der Waals surface area contributed by atoms with E-state index in [2.05, 4.69) is 39.6 Å². The SMILES string of the molecule is C=CCNCC(C)(C)CC(C)(C)CC(=O)OCc1ccccc1. The molecule has 0 unspecified atom stereocenters. The minimum atomic E-state index is -0.131. The van der Waals surface area contributed by atoms with Crippen LogP contribution in [0.2, 0.25) is 0 Å². The van der Waals surface area contributed by atoms with Gasteiger partial charge in [0.1, 0.15) is 6.61 Å². The Morgan fingerprint density at radius 3 is 2.43 bits per heavy atom. The monoisotopic (exact) mass is 317 g/mol. The molecule has 128 valence electrons. The molecule has 0 aromatic heterocycles. The van der Waals surface area contributed by atoms with Gasteiger partial charge in [0.15, 0.2) is 0 Å². The first-order valence-corrected chi connectivity index (χ1v) is 8.25. The van der Waals surface area contributed by atoms with Crippen molar-refractivity contribution in [1.82, 2.24) is 5.32 Å². The number of ether oxygens (including phenoxy) is 1. The molecule has 1 rings (SSSR count). The quantitative estimate of drug-likeness (QED) is 0.396. The maximum atomic E-state index is 12.1. The minimum absolute atomic E-state index is 0.0901. The maximum Gasteiger partial charge on any atom is 0.306 e. The Morgan fingerprint density at radius 2 is 1.83 bits per heavy atom. The fraction of sp³-hybridized carbons (Fsp3) is 0.550. The molecule has 1 aromatic carbocycles. The third-order valence-corrected chi connectivity index (χ3v) is 3.71. The molecular formula is C20H31NO2. The van der Waals surface area contributed by atoms with Gasteiger partial charge in [0.2, 0.25) is 0 Å².